The van der Waals surface area contributed by atoms with Gasteiger partial charge in [-0.1, -0.05) is 42.1 Å². The Hall–Kier alpha value is -0.960. The minimum atomic E-state index is -0.0412. The van der Waals surface area contributed by atoms with Gasteiger partial charge in [0, 0.05) is 20.2 Å². The highest BCUT2D eigenvalue weighted by atomic mass is 32.2. The monoisotopic (exact) mass is 205 g/mol. The topological polar surface area (TPSA) is 15.6 Å². The normalized spacial score (nSPS) is 31.3. The van der Waals surface area contributed by atoms with E-state index in [4.69, 9.17) is 1.37 Å². The molecular formula is C11H12N2S. The third kappa shape index (κ3) is 1.32. The molecule has 14 heavy (non-hydrogen) atoms. The number of hydrogen-bond acceptors (Lipinski definition) is 3. The molecule has 2 heterocycles. The quantitative estimate of drug-likeness (QED) is 0.698. The molecule has 0 N–H and O–H groups in total. The molecule has 72 valence electrons. The molecule has 1 aromatic carbocycles. The van der Waals surface area contributed by atoms with E-state index in [2.05, 4.69) is 34.2 Å². The minimum absolute atomic E-state index is 0.0412. The molecule has 0 radical (unpaired) electrons. The molecule has 2 atom stereocenters. The molecule has 2 nitrogen and oxygen atoms in total. The standard InChI is InChI=1S/C11H12N2S/c1-2-4-9(5-3-1)10-8-13-6-7-14-11(13)12-10/h1-5,10H,6-8H2/i7D. The highest BCUT2D eigenvalue weighted by Crippen LogP contribution is 2.31. The third-order valence-corrected chi connectivity index (χ3v) is 3.49. The summed E-state index contributed by atoms with van der Waals surface area (Å²) in [6.45, 7) is 1.77. The van der Waals surface area contributed by atoms with Crippen molar-refractivity contribution in [1.82, 2.24) is 4.90 Å². The first-order valence-electron chi connectivity index (χ1n) is 5.37. The van der Waals surface area contributed by atoms with Crippen molar-refractivity contribution in [1.29, 1.82) is 0 Å². The molecule has 0 spiro atoms. The van der Waals surface area contributed by atoms with Crippen molar-refractivity contribution in [3.05, 3.63) is 35.9 Å². The maximum Gasteiger partial charge on any atom is 0.160 e. The van der Waals surface area contributed by atoms with Crippen LogP contribution in [0.25, 0.3) is 0 Å². The smallest absolute Gasteiger partial charge is 0.160 e. The number of thioether (sulfide) groups is 1. The highest BCUT2D eigenvalue weighted by Gasteiger charge is 2.29. The van der Waals surface area contributed by atoms with Gasteiger partial charge in [-0.3, -0.25) is 4.99 Å². The van der Waals surface area contributed by atoms with Gasteiger partial charge in [-0.15, -0.1) is 0 Å². The zero-order chi connectivity index (χ0) is 10.3. The Morgan fingerprint density at radius 2 is 2.29 bits per heavy atom. The van der Waals surface area contributed by atoms with E-state index in [1.54, 1.807) is 11.8 Å². The van der Waals surface area contributed by atoms with Crippen LogP contribution in [0.5, 0.6) is 0 Å². The number of hydrogen-bond donors (Lipinski definition) is 0. The molecule has 3 heteroatoms. The molecule has 2 unspecified atom stereocenters. The molecule has 0 aromatic heterocycles. The fourth-order valence-electron chi connectivity index (χ4n) is 1.86. The number of nitrogens with zero attached hydrogens (tertiary/aromatic N) is 2. The van der Waals surface area contributed by atoms with Crippen LogP contribution in [0, 0.1) is 0 Å². The van der Waals surface area contributed by atoms with E-state index in [0.29, 0.717) is 0 Å². The second-order valence-electron chi connectivity index (χ2n) is 3.53. The summed E-state index contributed by atoms with van der Waals surface area (Å²) >= 11 is 1.58. The number of rotatable bonds is 1. The number of fused-ring (bicyclic) bond motifs is 1. The molecule has 2 aliphatic heterocycles. The highest BCUT2D eigenvalue weighted by molar-refractivity contribution is 8.14. The van der Waals surface area contributed by atoms with Gasteiger partial charge >= 0.3 is 0 Å². The number of amidine groups is 1. The molecule has 0 amide bonds. The second-order valence-corrected chi connectivity index (χ2v) is 4.46. The Balaban J connectivity index is 1.83. The van der Waals surface area contributed by atoms with E-state index in [9.17, 15) is 0 Å². The second kappa shape index (κ2) is 3.31. The van der Waals surface area contributed by atoms with E-state index in [1.807, 2.05) is 6.07 Å². The first-order valence-corrected chi connectivity index (χ1v) is 5.67. The van der Waals surface area contributed by atoms with Crippen molar-refractivity contribution in [2.45, 2.75) is 6.04 Å². The zero-order valence-corrected chi connectivity index (χ0v) is 8.57. The molecule has 3 rings (SSSR count). The molecule has 0 aliphatic carbocycles. The summed E-state index contributed by atoms with van der Waals surface area (Å²) in [4.78, 5) is 6.88. The molecule has 1 fully saturated rings. The van der Waals surface area contributed by atoms with Gasteiger partial charge in [-0.25, -0.2) is 0 Å². The van der Waals surface area contributed by atoms with Crippen molar-refractivity contribution in [3.8, 4) is 0 Å². The van der Waals surface area contributed by atoms with Crippen LogP contribution in [-0.4, -0.2) is 28.9 Å². The van der Waals surface area contributed by atoms with E-state index < -0.39 is 0 Å². The van der Waals surface area contributed by atoms with Gasteiger partial charge in [-0.05, 0) is 5.56 Å². The summed E-state index contributed by atoms with van der Waals surface area (Å²) in [5.41, 5.74) is 1.24. The predicted octanol–water partition coefficient (Wildman–Crippen LogP) is 2.15. The molecule has 0 bridgehead atoms. The van der Waals surface area contributed by atoms with Crippen LogP contribution >= 0.6 is 11.8 Å². The van der Waals surface area contributed by atoms with Gasteiger partial charge in [0.15, 0.2) is 5.17 Å². The summed E-state index contributed by atoms with van der Waals surface area (Å²) in [5.74, 6) is 0. The lowest BCUT2D eigenvalue weighted by atomic mass is 10.1. The van der Waals surface area contributed by atoms with Crippen LogP contribution in [0.2, 0.25) is 0 Å². The van der Waals surface area contributed by atoms with Crippen LogP contribution in [-0.2, 0) is 0 Å². The maximum atomic E-state index is 7.64. The lowest BCUT2D eigenvalue weighted by molar-refractivity contribution is 0.464. The van der Waals surface area contributed by atoms with Crippen LogP contribution in [0.15, 0.2) is 35.3 Å². The van der Waals surface area contributed by atoms with E-state index in [-0.39, 0.29) is 11.8 Å². The predicted molar refractivity (Wildman–Crippen MR) is 60.6 cm³/mol. The molecular weight excluding hydrogens is 192 g/mol. The van der Waals surface area contributed by atoms with Crippen molar-refractivity contribution in [3.63, 3.8) is 0 Å². The summed E-state index contributed by atoms with van der Waals surface area (Å²) < 4.78 is 7.64. The van der Waals surface area contributed by atoms with Crippen molar-refractivity contribution < 1.29 is 1.37 Å². The molecule has 0 saturated carbocycles. The third-order valence-electron chi connectivity index (χ3n) is 2.60. The van der Waals surface area contributed by atoms with Crippen molar-refractivity contribution in [2.24, 2.45) is 4.99 Å². The first-order chi connectivity index (χ1) is 7.33. The largest absolute Gasteiger partial charge is 0.348 e. The number of benzene rings is 1. The Kier molecular flexibility index (Phi) is 1.74. The van der Waals surface area contributed by atoms with E-state index in [0.717, 1.165) is 18.3 Å². The molecule has 2 aliphatic rings. The fraction of sp³-hybridized carbons (Fsp3) is 0.364. The lowest BCUT2D eigenvalue weighted by Crippen LogP contribution is -2.21. The number of aliphatic imine (C=N–C) groups is 1. The summed E-state index contributed by atoms with van der Waals surface area (Å²) in [5, 5.41) is 1.06. The summed E-state index contributed by atoms with van der Waals surface area (Å²) in [6.07, 6.45) is 0. The van der Waals surface area contributed by atoms with Gasteiger partial charge in [0.2, 0.25) is 0 Å². The Labute approximate surface area is 89.4 Å². The van der Waals surface area contributed by atoms with Gasteiger partial charge in [0.1, 0.15) is 0 Å². The Morgan fingerprint density at radius 1 is 1.43 bits per heavy atom. The van der Waals surface area contributed by atoms with Gasteiger partial charge in [-0.2, -0.15) is 0 Å². The fourth-order valence-corrected chi connectivity index (χ4v) is 2.75. The van der Waals surface area contributed by atoms with Crippen LogP contribution in [0.1, 0.15) is 13.0 Å². The lowest BCUT2D eigenvalue weighted by Gasteiger charge is -2.12. The Morgan fingerprint density at radius 3 is 3.07 bits per heavy atom. The van der Waals surface area contributed by atoms with E-state index in [1.165, 1.54) is 5.56 Å². The van der Waals surface area contributed by atoms with Gasteiger partial charge in [0.05, 0.1) is 6.04 Å². The van der Waals surface area contributed by atoms with Crippen LogP contribution in [0.3, 0.4) is 0 Å². The average Bonchev–Trinajstić information content (AvgIpc) is 2.76. The minimum Gasteiger partial charge on any atom is -0.348 e. The summed E-state index contributed by atoms with van der Waals surface area (Å²) in [7, 11) is 0. The average molecular weight is 205 g/mol. The first kappa shape index (κ1) is 7.35. The Bertz CT molecular complexity index is 393. The van der Waals surface area contributed by atoms with Crippen molar-refractivity contribution in [2.75, 3.05) is 18.8 Å². The maximum absolute atomic E-state index is 7.64. The SMILES string of the molecule is [2H]C1CN2CC(c3ccccc3)N=C2S1. The van der Waals surface area contributed by atoms with Gasteiger partial charge in [0.25, 0.3) is 0 Å². The molecule has 1 saturated heterocycles. The zero-order valence-electron chi connectivity index (χ0n) is 8.76. The van der Waals surface area contributed by atoms with Crippen molar-refractivity contribution >= 4 is 16.9 Å². The summed E-state index contributed by atoms with van der Waals surface area (Å²) in [6, 6.07) is 10.7. The van der Waals surface area contributed by atoms with E-state index >= 15 is 0 Å². The van der Waals surface area contributed by atoms with Crippen LogP contribution < -0.4 is 0 Å². The van der Waals surface area contributed by atoms with Gasteiger partial charge < -0.3 is 4.90 Å². The van der Waals surface area contributed by atoms with Crippen LogP contribution in [0.4, 0.5) is 0 Å². The molecule has 1 aromatic rings.